The molecule has 1 N–H and O–H groups in total. The number of rotatable bonds is 5. The predicted molar refractivity (Wildman–Crippen MR) is 114 cm³/mol. The molecule has 3 aromatic heterocycles. The lowest BCUT2D eigenvalue weighted by molar-refractivity contribution is 0.584. The lowest BCUT2D eigenvalue weighted by atomic mass is 10.2. The number of benzene rings is 1. The van der Waals surface area contributed by atoms with E-state index < -0.39 is 0 Å². The minimum Gasteiger partial charge on any atom is -0.309 e. The SMILES string of the molecule is CCCn1c(SCc2nc3ccsc3c(=O)[nH]2)nc2ccc(Br)cc2c1=O. The van der Waals surface area contributed by atoms with Gasteiger partial charge in [0.05, 0.1) is 22.2 Å². The van der Waals surface area contributed by atoms with E-state index in [-0.39, 0.29) is 11.1 Å². The lowest BCUT2D eigenvalue weighted by Crippen LogP contribution is -2.23. The van der Waals surface area contributed by atoms with Crippen LogP contribution in [-0.4, -0.2) is 19.5 Å². The summed E-state index contributed by atoms with van der Waals surface area (Å²) in [5.41, 5.74) is 1.17. The summed E-state index contributed by atoms with van der Waals surface area (Å²) in [6.07, 6.45) is 0.824. The van der Waals surface area contributed by atoms with Crippen molar-refractivity contribution in [2.75, 3.05) is 0 Å². The fourth-order valence-electron chi connectivity index (χ4n) is 2.83. The molecule has 0 saturated carbocycles. The zero-order valence-electron chi connectivity index (χ0n) is 14.4. The summed E-state index contributed by atoms with van der Waals surface area (Å²) >= 11 is 6.19. The molecule has 9 heteroatoms. The van der Waals surface area contributed by atoms with E-state index in [1.165, 1.54) is 23.1 Å². The Hall–Kier alpha value is -1.97. The third kappa shape index (κ3) is 3.59. The normalized spacial score (nSPS) is 11.5. The highest BCUT2D eigenvalue weighted by Gasteiger charge is 2.13. The predicted octanol–water partition coefficient (Wildman–Crippen LogP) is 4.16. The molecule has 4 aromatic rings. The molecule has 0 aliphatic rings. The van der Waals surface area contributed by atoms with Crippen LogP contribution in [0.25, 0.3) is 21.1 Å². The second-order valence-corrected chi connectivity index (χ2v) is 8.72. The number of fused-ring (bicyclic) bond motifs is 2. The highest BCUT2D eigenvalue weighted by molar-refractivity contribution is 9.10. The summed E-state index contributed by atoms with van der Waals surface area (Å²) in [6, 6.07) is 7.34. The molecular weight excluding hydrogens is 448 g/mol. The molecule has 0 unspecified atom stereocenters. The molecule has 0 fully saturated rings. The fourth-order valence-corrected chi connectivity index (χ4v) is 4.81. The van der Waals surface area contributed by atoms with Crippen molar-refractivity contribution in [3.8, 4) is 0 Å². The van der Waals surface area contributed by atoms with Crippen LogP contribution in [0.4, 0.5) is 0 Å². The lowest BCUT2D eigenvalue weighted by Gasteiger charge is -2.12. The molecule has 27 heavy (non-hydrogen) atoms. The number of nitrogens with zero attached hydrogens (tertiary/aromatic N) is 3. The Balaban J connectivity index is 1.73. The average Bonchev–Trinajstić information content (AvgIpc) is 3.12. The molecule has 1 aromatic carbocycles. The van der Waals surface area contributed by atoms with E-state index >= 15 is 0 Å². The van der Waals surface area contributed by atoms with E-state index in [9.17, 15) is 9.59 Å². The quantitative estimate of drug-likeness (QED) is 0.355. The Morgan fingerprint density at radius 3 is 2.89 bits per heavy atom. The van der Waals surface area contributed by atoms with Crippen molar-refractivity contribution in [3.05, 3.63) is 60.7 Å². The van der Waals surface area contributed by atoms with E-state index in [2.05, 4.69) is 30.9 Å². The van der Waals surface area contributed by atoms with Crippen molar-refractivity contribution in [1.82, 2.24) is 19.5 Å². The number of halogens is 1. The van der Waals surface area contributed by atoms with Gasteiger partial charge in [-0.1, -0.05) is 34.6 Å². The van der Waals surface area contributed by atoms with Crippen molar-refractivity contribution in [3.63, 3.8) is 0 Å². The molecule has 138 valence electrons. The smallest absolute Gasteiger partial charge is 0.268 e. The van der Waals surface area contributed by atoms with E-state index in [1.54, 1.807) is 10.6 Å². The second kappa shape index (κ2) is 7.57. The van der Waals surface area contributed by atoms with E-state index in [4.69, 9.17) is 0 Å². The second-order valence-electron chi connectivity index (χ2n) is 5.95. The Labute approximate surface area is 170 Å². The molecule has 0 bridgehead atoms. The minimum atomic E-state index is -0.132. The number of thioether (sulfide) groups is 1. The van der Waals surface area contributed by atoms with Gasteiger partial charge in [-0.3, -0.25) is 14.2 Å². The van der Waals surface area contributed by atoms with Crippen molar-refractivity contribution in [1.29, 1.82) is 0 Å². The highest BCUT2D eigenvalue weighted by atomic mass is 79.9. The number of hydrogen-bond donors (Lipinski definition) is 1. The average molecular weight is 463 g/mol. The van der Waals surface area contributed by atoms with Crippen LogP contribution in [0.5, 0.6) is 0 Å². The minimum absolute atomic E-state index is 0.0552. The summed E-state index contributed by atoms with van der Waals surface area (Å²) in [6.45, 7) is 2.61. The van der Waals surface area contributed by atoms with E-state index in [0.29, 0.717) is 44.4 Å². The topological polar surface area (TPSA) is 80.6 Å². The van der Waals surface area contributed by atoms with Crippen LogP contribution in [0.15, 0.2) is 48.9 Å². The summed E-state index contributed by atoms with van der Waals surface area (Å²) in [7, 11) is 0. The van der Waals surface area contributed by atoms with Crippen LogP contribution in [0.2, 0.25) is 0 Å². The van der Waals surface area contributed by atoms with Crippen LogP contribution in [0, 0.1) is 0 Å². The van der Waals surface area contributed by atoms with Gasteiger partial charge in [-0.25, -0.2) is 9.97 Å². The van der Waals surface area contributed by atoms with Crippen molar-refractivity contribution >= 4 is 60.1 Å². The zero-order valence-corrected chi connectivity index (χ0v) is 17.6. The number of hydrogen-bond acceptors (Lipinski definition) is 6. The summed E-state index contributed by atoms with van der Waals surface area (Å²) in [5.74, 6) is 1.00. The van der Waals surface area contributed by atoms with Gasteiger partial charge >= 0.3 is 0 Å². The first-order valence-corrected chi connectivity index (χ1v) is 11.0. The van der Waals surface area contributed by atoms with Gasteiger partial charge in [-0.05, 0) is 36.1 Å². The molecule has 3 heterocycles. The van der Waals surface area contributed by atoms with Crippen molar-refractivity contribution in [2.24, 2.45) is 0 Å². The van der Waals surface area contributed by atoms with Crippen LogP contribution < -0.4 is 11.1 Å². The number of thiophene rings is 1. The third-order valence-corrected chi connectivity index (χ3v) is 6.41. The van der Waals surface area contributed by atoms with Gasteiger partial charge in [-0.15, -0.1) is 11.3 Å². The number of aromatic amines is 1. The number of H-pyrrole nitrogens is 1. The maximum atomic E-state index is 12.9. The first-order chi connectivity index (χ1) is 13.1. The highest BCUT2D eigenvalue weighted by Crippen LogP contribution is 2.23. The van der Waals surface area contributed by atoms with E-state index in [0.717, 1.165) is 10.9 Å². The Morgan fingerprint density at radius 2 is 2.07 bits per heavy atom. The maximum Gasteiger partial charge on any atom is 0.268 e. The van der Waals surface area contributed by atoms with Gasteiger partial charge in [-0.2, -0.15) is 0 Å². The summed E-state index contributed by atoms with van der Waals surface area (Å²) < 4.78 is 3.17. The van der Waals surface area contributed by atoms with Crippen LogP contribution in [0.1, 0.15) is 19.2 Å². The van der Waals surface area contributed by atoms with Crippen LogP contribution in [-0.2, 0) is 12.3 Å². The van der Waals surface area contributed by atoms with Gasteiger partial charge in [0.1, 0.15) is 10.5 Å². The summed E-state index contributed by atoms with van der Waals surface area (Å²) in [5, 5.41) is 3.07. The Kier molecular flexibility index (Phi) is 5.16. The largest absolute Gasteiger partial charge is 0.309 e. The van der Waals surface area contributed by atoms with Gasteiger partial charge in [0.15, 0.2) is 5.16 Å². The summed E-state index contributed by atoms with van der Waals surface area (Å²) in [4.78, 5) is 37.0. The first kappa shape index (κ1) is 18.4. The maximum absolute atomic E-state index is 12.9. The van der Waals surface area contributed by atoms with E-state index in [1.807, 2.05) is 30.5 Å². The Morgan fingerprint density at radius 1 is 1.22 bits per heavy atom. The molecule has 0 aliphatic carbocycles. The van der Waals surface area contributed by atoms with Gasteiger partial charge in [0.25, 0.3) is 11.1 Å². The molecule has 0 radical (unpaired) electrons. The molecule has 0 aliphatic heterocycles. The fraction of sp³-hybridized carbons (Fsp3) is 0.222. The van der Waals surface area contributed by atoms with Gasteiger partial charge in [0, 0.05) is 11.0 Å². The van der Waals surface area contributed by atoms with Gasteiger partial charge in [0.2, 0.25) is 0 Å². The molecule has 4 rings (SSSR count). The monoisotopic (exact) mass is 462 g/mol. The zero-order chi connectivity index (χ0) is 19.0. The molecule has 0 amide bonds. The molecule has 6 nitrogen and oxygen atoms in total. The third-order valence-electron chi connectivity index (χ3n) is 4.03. The first-order valence-electron chi connectivity index (χ1n) is 8.36. The molecule has 0 spiro atoms. The Bertz CT molecular complexity index is 1260. The van der Waals surface area contributed by atoms with Crippen molar-refractivity contribution in [2.45, 2.75) is 30.8 Å². The van der Waals surface area contributed by atoms with Gasteiger partial charge < -0.3 is 4.98 Å². The van der Waals surface area contributed by atoms with Crippen LogP contribution in [0.3, 0.4) is 0 Å². The number of nitrogens with one attached hydrogen (secondary N) is 1. The van der Waals surface area contributed by atoms with Crippen molar-refractivity contribution < 1.29 is 0 Å². The van der Waals surface area contributed by atoms with Crippen LogP contribution >= 0.6 is 39.0 Å². The molecule has 0 saturated heterocycles. The standard InChI is InChI=1S/C18H15BrN4O2S2/c1-2-6-23-17(25)11-8-10(19)3-4-12(11)21-18(23)27-9-14-20-13-5-7-26-15(13)16(24)22-14/h3-5,7-8H,2,6,9H2,1H3,(H,20,22,24). The molecule has 0 atom stereocenters. The number of aromatic nitrogens is 4. The molecular formula is C18H15BrN4O2S2.